The lowest BCUT2D eigenvalue weighted by Gasteiger charge is -2.30. The van der Waals surface area contributed by atoms with Gasteiger partial charge in [0.1, 0.15) is 6.17 Å². The minimum absolute atomic E-state index is 0.0883. The van der Waals surface area contributed by atoms with E-state index in [1.54, 1.807) is 12.1 Å². The summed E-state index contributed by atoms with van der Waals surface area (Å²) in [7, 11) is 0. The van der Waals surface area contributed by atoms with Crippen LogP contribution in [0.15, 0.2) is 60.9 Å². The Bertz CT molecular complexity index is 786. The van der Waals surface area contributed by atoms with Gasteiger partial charge in [0.25, 0.3) is 0 Å². The number of anilines is 2. The van der Waals surface area contributed by atoms with Gasteiger partial charge in [-0.2, -0.15) is 18.4 Å². The highest BCUT2D eigenvalue weighted by atomic mass is 19.4. The monoisotopic (exact) mass is 329 g/mol. The number of halogens is 3. The molecule has 0 saturated carbocycles. The third-order valence-corrected chi connectivity index (χ3v) is 3.98. The molecule has 122 valence electrons. The lowest BCUT2D eigenvalue weighted by Crippen LogP contribution is -2.35. The van der Waals surface area contributed by atoms with Gasteiger partial charge in [-0.25, -0.2) is 0 Å². The second-order valence-corrected chi connectivity index (χ2v) is 5.45. The molecule has 1 atom stereocenters. The normalized spacial score (nSPS) is 17.2. The lowest BCUT2D eigenvalue weighted by molar-refractivity contribution is -0.137. The lowest BCUT2D eigenvalue weighted by atomic mass is 10.2. The van der Waals surface area contributed by atoms with Crippen molar-refractivity contribution >= 4 is 11.4 Å². The zero-order chi connectivity index (χ0) is 17.3. The standard InChI is InChI=1S/C18H14F3N3/c1-13-23(16-6-2-14(12-22)3-7-16)10-11-24(13)17-8-4-15(5-9-17)18(19,20)21/h2-11,13H,1H3. The Morgan fingerprint density at radius 3 is 1.75 bits per heavy atom. The highest BCUT2D eigenvalue weighted by Gasteiger charge is 2.31. The molecule has 24 heavy (non-hydrogen) atoms. The third kappa shape index (κ3) is 2.93. The zero-order valence-electron chi connectivity index (χ0n) is 12.8. The van der Waals surface area contributed by atoms with Crippen molar-refractivity contribution in [1.82, 2.24) is 0 Å². The molecule has 0 amide bonds. The van der Waals surface area contributed by atoms with Gasteiger partial charge in [0.05, 0.1) is 17.2 Å². The number of nitriles is 1. The molecule has 0 aliphatic carbocycles. The Kier molecular flexibility index (Phi) is 3.94. The first-order valence-corrected chi connectivity index (χ1v) is 7.32. The van der Waals surface area contributed by atoms with E-state index in [-0.39, 0.29) is 6.17 Å². The van der Waals surface area contributed by atoms with Crippen molar-refractivity contribution in [3.8, 4) is 6.07 Å². The van der Waals surface area contributed by atoms with Crippen LogP contribution in [0.5, 0.6) is 0 Å². The van der Waals surface area contributed by atoms with Crippen molar-refractivity contribution in [2.75, 3.05) is 9.80 Å². The maximum Gasteiger partial charge on any atom is 0.416 e. The molecule has 0 fully saturated rings. The molecule has 6 heteroatoms. The van der Waals surface area contributed by atoms with Crippen molar-refractivity contribution in [1.29, 1.82) is 5.26 Å². The molecular formula is C18H14F3N3. The smallest absolute Gasteiger partial charge is 0.326 e. The van der Waals surface area contributed by atoms with Crippen molar-refractivity contribution in [3.63, 3.8) is 0 Å². The van der Waals surface area contributed by atoms with Crippen LogP contribution in [0.2, 0.25) is 0 Å². The molecule has 0 saturated heterocycles. The quantitative estimate of drug-likeness (QED) is 0.798. The summed E-state index contributed by atoms with van der Waals surface area (Å²) >= 11 is 0. The third-order valence-electron chi connectivity index (χ3n) is 3.98. The van der Waals surface area contributed by atoms with E-state index < -0.39 is 11.7 Å². The van der Waals surface area contributed by atoms with Gasteiger partial charge in [-0.05, 0) is 55.5 Å². The van der Waals surface area contributed by atoms with Crippen LogP contribution in [0, 0.1) is 11.3 Å². The summed E-state index contributed by atoms with van der Waals surface area (Å²) in [6.07, 6.45) is -0.732. The molecule has 2 aromatic carbocycles. The molecule has 0 aromatic heterocycles. The summed E-state index contributed by atoms with van der Waals surface area (Å²) in [6, 6.07) is 14.3. The largest absolute Gasteiger partial charge is 0.416 e. The first-order valence-electron chi connectivity index (χ1n) is 7.32. The van der Waals surface area contributed by atoms with Gasteiger partial charge in [-0.3, -0.25) is 0 Å². The number of nitrogens with zero attached hydrogens (tertiary/aromatic N) is 3. The molecule has 1 heterocycles. The Balaban J connectivity index is 1.80. The van der Waals surface area contributed by atoms with E-state index in [0.717, 1.165) is 17.8 Å². The summed E-state index contributed by atoms with van der Waals surface area (Å²) in [6.45, 7) is 1.95. The second kappa shape index (κ2) is 5.93. The van der Waals surface area contributed by atoms with E-state index in [4.69, 9.17) is 5.26 Å². The van der Waals surface area contributed by atoms with Crippen LogP contribution in [-0.2, 0) is 6.18 Å². The van der Waals surface area contributed by atoms with Crippen LogP contribution in [0.3, 0.4) is 0 Å². The van der Waals surface area contributed by atoms with Crippen LogP contribution in [-0.4, -0.2) is 6.17 Å². The van der Waals surface area contributed by atoms with E-state index in [1.165, 1.54) is 12.1 Å². The summed E-state index contributed by atoms with van der Waals surface area (Å²) in [5, 5.41) is 8.85. The molecule has 0 N–H and O–H groups in total. The first kappa shape index (κ1) is 15.9. The summed E-state index contributed by atoms with van der Waals surface area (Å²) < 4.78 is 38.0. The van der Waals surface area contributed by atoms with Gasteiger partial charge in [0.2, 0.25) is 0 Å². The average Bonchev–Trinajstić information content (AvgIpc) is 2.96. The maximum atomic E-state index is 12.7. The fraction of sp³-hybridized carbons (Fsp3) is 0.167. The Morgan fingerprint density at radius 2 is 1.33 bits per heavy atom. The number of benzene rings is 2. The van der Waals surface area contributed by atoms with Crippen molar-refractivity contribution in [2.45, 2.75) is 19.3 Å². The van der Waals surface area contributed by atoms with Gasteiger partial charge in [-0.1, -0.05) is 0 Å². The van der Waals surface area contributed by atoms with Gasteiger partial charge in [-0.15, -0.1) is 0 Å². The predicted octanol–water partition coefficient (Wildman–Crippen LogP) is 4.72. The van der Waals surface area contributed by atoms with Crippen LogP contribution in [0.25, 0.3) is 0 Å². The number of rotatable bonds is 2. The molecular weight excluding hydrogens is 315 g/mol. The minimum atomic E-state index is -4.33. The van der Waals surface area contributed by atoms with Crippen molar-refractivity contribution in [2.24, 2.45) is 0 Å². The highest BCUT2D eigenvalue weighted by molar-refractivity contribution is 5.61. The van der Waals surface area contributed by atoms with Crippen LogP contribution in [0.1, 0.15) is 18.1 Å². The Morgan fingerprint density at radius 1 is 0.875 bits per heavy atom. The van der Waals surface area contributed by atoms with Gasteiger partial charge >= 0.3 is 6.18 Å². The van der Waals surface area contributed by atoms with E-state index in [9.17, 15) is 13.2 Å². The second-order valence-electron chi connectivity index (χ2n) is 5.45. The van der Waals surface area contributed by atoms with Crippen LogP contribution >= 0.6 is 0 Å². The van der Waals surface area contributed by atoms with E-state index >= 15 is 0 Å². The minimum Gasteiger partial charge on any atom is -0.326 e. The molecule has 1 aliphatic rings. The van der Waals surface area contributed by atoms with Gasteiger partial charge in [0.15, 0.2) is 0 Å². The topological polar surface area (TPSA) is 30.3 Å². The SMILES string of the molecule is CC1N(c2ccc(C#N)cc2)C=CN1c1ccc(C(F)(F)F)cc1. The highest BCUT2D eigenvalue weighted by Crippen LogP contribution is 2.33. The van der Waals surface area contributed by atoms with Gasteiger partial charge < -0.3 is 9.80 Å². The predicted molar refractivity (Wildman–Crippen MR) is 86.2 cm³/mol. The maximum absolute atomic E-state index is 12.7. The first-order chi connectivity index (χ1) is 11.4. The van der Waals surface area contributed by atoms with Crippen LogP contribution < -0.4 is 9.80 Å². The molecule has 1 aliphatic heterocycles. The summed E-state index contributed by atoms with van der Waals surface area (Å²) in [4.78, 5) is 3.87. The van der Waals surface area contributed by atoms with E-state index in [1.807, 2.05) is 41.3 Å². The van der Waals surface area contributed by atoms with Gasteiger partial charge in [0, 0.05) is 23.8 Å². The van der Waals surface area contributed by atoms with Crippen molar-refractivity contribution in [3.05, 3.63) is 72.1 Å². The van der Waals surface area contributed by atoms with Crippen molar-refractivity contribution < 1.29 is 13.2 Å². The number of hydrogen-bond donors (Lipinski definition) is 0. The Hall–Kier alpha value is -2.94. The summed E-state index contributed by atoms with van der Waals surface area (Å²) in [5.74, 6) is 0. The molecule has 0 spiro atoms. The molecule has 0 radical (unpaired) electrons. The van der Waals surface area contributed by atoms with E-state index in [0.29, 0.717) is 11.3 Å². The molecule has 3 rings (SSSR count). The Labute approximate surface area is 137 Å². The van der Waals surface area contributed by atoms with Crippen LogP contribution in [0.4, 0.5) is 24.5 Å². The number of alkyl halides is 3. The number of hydrogen-bond acceptors (Lipinski definition) is 3. The average molecular weight is 329 g/mol. The fourth-order valence-corrected chi connectivity index (χ4v) is 2.66. The molecule has 0 bridgehead atoms. The molecule has 1 unspecified atom stereocenters. The van der Waals surface area contributed by atoms with E-state index in [2.05, 4.69) is 6.07 Å². The summed E-state index contributed by atoms with van der Waals surface area (Å²) in [5.41, 5.74) is 1.51. The molecule has 2 aromatic rings. The molecule has 3 nitrogen and oxygen atoms in total. The zero-order valence-corrected chi connectivity index (χ0v) is 12.8. The fourth-order valence-electron chi connectivity index (χ4n) is 2.66.